The molecule has 0 fully saturated rings. The highest BCUT2D eigenvalue weighted by Gasteiger charge is 2.23. The van der Waals surface area contributed by atoms with Gasteiger partial charge in [-0.15, -0.1) is 5.92 Å². The zero-order valence-electron chi connectivity index (χ0n) is 13.7. The van der Waals surface area contributed by atoms with Gasteiger partial charge in [-0.2, -0.15) is 0 Å². The number of carboxylic acid groups (broad SMARTS) is 1. The van der Waals surface area contributed by atoms with Gasteiger partial charge >= 0.3 is 5.97 Å². The molecule has 0 amide bonds. The number of aliphatic carboxylic acids is 1. The van der Waals surface area contributed by atoms with Gasteiger partial charge in [-0.3, -0.25) is 4.79 Å². The van der Waals surface area contributed by atoms with Crippen LogP contribution >= 0.6 is 0 Å². The quantitative estimate of drug-likeness (QED) is 0.834. The Bertz CT molecular complexity index is 781. The van der Waals surface area contributed by atoms with Gasteiger partial charge in [0.15, 0.2) is 0 Å². The summed E-state index contributed by atoms with van der Waals surface area (Å²) in [7, 11) is 0. The Balaban J connectivity index is 1.73. The number of carboxylic acids is 1. The van der Waals surface area contributed by atoms with Gasteiger partial charge in [0.25, 0.3) is 0 Å². The molecule has 0 saturated heterocycles. The average Bonchev–Trinajstić information content (AvgIpc) is 2.98. The first-order valence-electron chi connectivity index (χ1n) is 8.16. The molecule has 1 N–H and O–H groups in total. The zero-order valence-corrected chi connectivity index (χ0v) is 13.7. The van der Waals surface area contributed by atoms with Crippen LogP contribution < -0.4 is 4.74 Å². The standard InChI is InChI=1S/C21H20O3/c1-2-5-17(14-21(22)23)15-8-11-18(12-9-15)24-20-13-10-16-6-3-4-7-19(16)20/h3-4,6-9,11-12,17,20H,10,13-14H2,1H3,(H,22,23). The van der Waals surface area contributed by atoms with Crippen molar-refractivity contribution in [1.82, 2.24) is 0 Å². The minimum absolute atomic E-state index is 0.0110. The van der Waals surface area contributed by atoms with Crippen LogP contribution in [0, 0.1) is 11.8 Å². The van der Waals surface area contributed by atoms with E-state index in [1.165, 1.54) is 11.1 Å². The lowest BCUT2D eigenvalue weighted by atomic mass is 9.96. The molecule has 0 bridgehead atoms. The van der Waals surface area contributed by atoms with Crippen molar-refractivity contribution in [3.05, 3.63) is 65.2 Å². The maximum atomic E-state index is 11.0. The summed E-state index contributed by atoms with van der Waals surface area (Å²) in [6.07, 6.45) is 2.14. The second-order valence-corrected chi connectivity index (χ2v) is 5.96. The molecule has 24 heavy (non-hydrogen) atoms. The van der Waals surface area contributed by atoms with Gasteiger partial charge in [-0.1, -0.05) is 42.3 Å². The average molecular weight is 320 g/mol. The van der Waals surface area contributed by atoms with Crippen LogP contribution in [0.5, 0.6) is 5.75 Å². The van der Waals surface area contributed by atoms with E-state index in [1.54, 1.807) is 6.92 Å². The number of carbonyl (C=O) groups is 1. The van der Waals surface area contributed by atoms with Gasteiger partial charge in [-0.25, -0.2) is 0 Å². The third kappa shape index (κ3) is 3.60. The van der Waals surface area contributed by atoms with Crippen LogP contribution in [0.2, 0.25) is 0 Å². The van der Waals surface area contributed by atoms with Crippen LogP contribution in [0.4, 0.5) is 0 Å². The van der Waals surface area contributed by atoms with E-state index in [-0.39, 0.29) is 18.4 Å². The van der Waals surface area contributed by atoms with Crippen LogP contribution in [-0.4, -0.2) is 11.1 Å². The van der Waals surface area contributed by atoms with Crippen molar-refractivity contribution in [2.24, 2.45) is 0 Å². The molecule has 3 heteroatoms. The van der Waals surface area contributed by atoms with Crippen molar-refractivity contribution in [3.8, 4) is 17.6 Å². The molecule has 0 heterocycles. The molecule has 2 aromatic rings. The summed E-state index contributed by atoms with van der Waals surface area (Å²) in [4.78, 5) is 11.0. The molecular weight excluding hydrogens is 300 g/mol. The van der Waals surface area contributed by atoms with Crippen molar-refractivity contribution in [3.63, 3.8) is 0 Å². The third-order valence-electron chi connectivity index (χ3n) is 4.34. The maximum absolute atomic E-state index is 11.0. The van der Waals surface area contributed by atoms with Crippen LogP contribution in [0.25, 0.3) is 0 Å². The molecular formula is C21H20O3. The molecule has 0 aliphatic heterocycles. The largest absolute Gasteiger partial charge is 0.486 e. The number of hydrogen-bond donors (Lipinski definition) is 1. The number of benzene rings is 2. The topological polar surface area (TPSA) is 46.5 Å². The van der Waals surface area contributed by atoms with Crippen molar-refractivity contribution >= 4 is 5.97 Å². The molecule has 2 atom stereocenters. The molecule has 2 aromatic carbocycles. The molecule has 0 spiro atoms. The monoisotopic (exact) mass is 320 g/mol. The summed E-state index contributed by atoms with van der Waals surface area (Å²) in [6, 6.07) is 16.0. The normalized spacial score (nSPS) is 16.6. The van der Waals surface area contributed by atoms with E-state index in [2.05, 4.69) is 30.0 Å². The van der Waals surface area contributed by atoms with Gasteiger partial charge < -0.3 is 9.84 Å². The number of ether oxygens (including phenoxy) is 1. The van der Waals surface area contributed by atoms with E-state index in [1.807, 2.05) is 30.3 Å². The molecule has 3 nitrogen and oxygen atoms in total. The van der Waals surface area contributed by atoms with Crippen LogP contribution in [-0.2, 0) is 11.2 Å². The lowest BCUT2D eigenvalue weighted by molar-refractivity contribution is -0.137. The molecule has 122 valence electrons. The van der Waals surface area contributed by atoms with Crippen molar-refractivity contribution in [2.75, 3.05) is 0 Å². The van der Waals surface area contributed by atoms with Gasteiger partial charge in [0.1, 0.15) is 11.9 Å². The highest BCUT2D eigenvalue weighted by atomic mass is 16.5. The van der Waals surface area contributed by atoms with E-state index >= 15 is 0 Å². The number of hydrogen-bond acceptors (Lipinski definition) is 2. The smallest absolute Gasteiger partial charge is 0.304 e. The lowest BCUT2D eigenvalue weighted by Gasteiger charge is -2.16. The molecule has 0 aromatic heterocycles. The summed E-state index contributed by atoms with van der Waals surface area (Å²) in [5.41, 5.74) is 3.53. The molecule has 0 radical (unpaired) electrons. The Kier molecular flexibility index (Phi) is 4.86. The molecule has 3 rings (SSSR count). The van der Waals surface area contributed by atoms with E-state index in [9.17, 15) is 4.79 Å². The lowest BCUT2D eigenvalue weighted by Crippen LogP contribution is -2.06. The number of aryl methyl sites for hydroxylation is 1. The first-order chi connectivity index (χ1) is 11.7. The highest BCUT2D eigenvalue weighted by Crippen LogP contribution is 2.35. The summed E-state index contributed by atoms with van der Waals surface area (Å²) in [5.74, 6) is 5.45. The van der Waals surface area contributed by atoms with Crippen molar-refractivity contribution < 1.29 is 14.6 Å². The fourth-order valence-electron chi connectivity index (χ4n) is 3.18. The van der Waals surface area contributed by atoms with Gasteiger partial charge in [-0.05, 0) is 48.6 Å². The Labute approximate surface area is 142 Å². The Morgan fingerprint density at radius 3 is 2.71 bits per heavy atom. The van der Waals surface area contributed by atoms with Gasteiger partial charge in [0.05, 0.1) is 12.3 Å². The number of fused-ring (bicyclic) bond motifs is 1. The SMILES string of the molecule is CC#CC(CC(=O)O)c1ccc(OC2CCc3ccccc32)cc1. The van der Waals surface area contributed by atoms with Crippen LogP contribution in [0.15, 0.2) is 48.5 Å². The van der Waals surface area contributed by atoms with E-state index < -0.39 is 5.97 Å². The number of rotatable bonds is 5. The Hall–Kier alpha value is -2.73. The van der Waals surface area contributed by atoms with Gasteiger partial charge in [0.2, 0.25) is 0 Å². The predicted molar refractivity (Wildman–Crippen MR) is 93.0 cm³/mol. The summed E-state index contributed by atoms with van der Waals surface area (Å²) < 4.78 is 6.13. The minimum atomic E-state index is -0.842. The summed E-state index contributed by atoms with van der Waals surface area (Å²) in [5, 5.41) is 9.02. The first-order valence-corrected chi connectivity index (χ1v) is 8.16. The minimum Gasteiger partial charge on any atom is -0.486 e. The van der Waals surface area contributed by atoms with Crippen molar-refractivity contribution in [2.45, 2.75) is 38.2 Å². The fraction of sp³-hybridized carbons (Fsp3) is 0.286. The predicted octanol–water partition coefficient (Wildman–Crippen LogP) is 4.33. The zero-order chi connectivity index (χ0) is 16.9. The maximum Gasteiger partial charge on any atom is 0.304 e. The summed E-state index contributed by atoms with van der Waals surface area (Å²) >= 11 is 0. The van der Waals surface area contributed by atoms with E-state index in [4.69, 9.17) is 9.84 Å². The molecule has 1 aliphatic carbocycles. The van der Waals surface area contributed by atoms with Crippen molar-refractivity contribution in [1.29, 1.82) is 0 Å². The molecule has 1 aliphatic rings. The van der Waals surface area contributed by atoms with Crippen LogP contribution in [0.1, 0.15) is 48.5 Å². The molecule has 0 saturated carbocycles. The second kappa shape index (κ2) is 7.23. The van der Waals surface area contributed by atoms with Gasteiger partial charge in [0, 0.05) is 0 Å². The first kappa shape index (κ1) is 16.1. The van der Waals surface area contributed by atoms with E-state index in [0.717, 1.165) is 24.2 Å². The second-order valence-electron chi connectivity index (χ2n) is 5.96. The van der Waals surface area contributed by atoms with Crippen LogP contribution in [0.3, 0.4) is 0 Å². The Morgan fingerprint density at radius 2 is 2.00 bits per heavy atom. The summed E-state index contributed by atoms with van der Waals surface area (Å²) in [6.45, 7) is 1.73. The fourth-order valence-corrected chi connectivity index (χ4v) is 3.18. The third-order valence-corrected chi connectivity index (χ3v) is 4.34. The Morgan fingerprint density at radius 1 is 1.25 bits per heavy atom. The molecule has 2 unspecified atom stereocenters. The highest BCUT2D eigenvalue weighted by molar-refractivity contribution is 5.69. The van der Waals surface area contributed by atoms with E-state index in [0.29, 0.717) is 0 Å².